The Morgan fingerprint density at radius 3 is 1.87 bits per heavy atom. The maximum absolute atomic E-state index is 13.2. The number of carboxylic acid groups (broad SMARTS) is 4. The number of rotatable bonds is 6. The molecule has 0 amide bonds. The molecule has 45 heavy (non-hydrogen) atoms. The summed E-state index contributed by atoms with van der Waals surface area (Å²) in [6.45, 7) is 11.7. The van der Waals surface area contributed by atoms with Crippen LogP contribution in [0.25, 0.3) is 5.69 Å². The van der Waals surface area contributed by atoms with Gasteiger partial charge >= 0.3 is 23.9 Å². The molecule has 14 heteroatoms. The lowest BCUT2D eigenvalue weighted by molar-refractivity contribution is -0.159. The van der Waals surface area contributed by atoms with Gasteiger partial charge in [-0.25, -0.2) is 19.2 Å². The van der Waals surface area contributed by atoms with Crippen LogP contribution in [-0.2, 0) is 25.7 Å². The van der Waals surface area contributed by atoms with Crippen molar-refractivity contribution in [3.8, 4) is 17.2 Å². The van der Waals surface area contributed by atoms with Gasteiger partial charge in [-0.15, -0.1) is 0 Å². The van der Waals surface area contributed by atoms with Crippen LogP contribution in [0.4, 0.5) is 0 Å². The summed E-state index contributed by atoms with van der Waals surface area (Å²) in [5.41, 5.74) is 6.45. The smallest absolute Gasteiger partial charge is 0.414 e. The number of aromatic nitrogens is 1. The van der Waals surface area contributed by atoms with E-state index in [1.807, 2.05) is 38.1 Å². The lowest BCUT2D eigenvalue weighted by atomic mass is 10.1. The highest BCUT2D eigenvalue weighted by Gasteiger charge is 2.23. The number of Topliss-reactive ketones (excluding diaryl/α,β-unsaturated/α-hetero) is 1. The molecule has 3 heterocycles. The second-order valence-electron chi connectivity index (χ2n) is 10.3. The molecule has 14 nitrogen and oxygen atoms in total. The largest absolute Gasteiger partial charge is 0.473 e. The second kappa shape index (κ2) is 15.5. The van der Waals surface area contributed by atoms with E-state index in [0.29, 0.717) is 6.54 Å². The number of carboxylic acids is 4. The molecule has 0 spiro atoms. The lowest BCUT2D eigenvalue weighted by Crippen LogP contribution is -2.47. The number of hydrogen-bond donors (Lipinski definition) is 4. The number of hydrogen-bond acceptors (Lipinski definition) is 9. The van der Waals surface area contributed by atoms with Crippen LogP contribution >= 0.6 is 0 Å². The van der Waals surface area contributed by atoms with E-state index in [9.17, 15) is 4.79 Å². The van der Waals surface area contributed by atoms with Crippen molar-refractivity contribution < 1.29 is 53.9 Å². The molecule has 1 aromatic heterocycles. The quantitative estimate of drug-likeness (QED) is 0.231. The van der Waals surface area contributed by atoms with Crippen LogP contribution in [0.5, 0.6) is 11.5 Å². The summed E-state index contributed by atoms with van der Waals surface area (Å²) >= 11 is 0. The van der Waals surface area contributed by atoms with Crippen LogP contribution in [0.1, 0.15) is 32.9 Å². The summed E-state index contributed by atoms with van der Waals surface area (Å²) in [5, 5.41) is 29.6. The number of ether oxygens (including phenoxy) is 2. The SMILES string of the molecule is Cc1cccc(CN2CCN(CC(=O)c3cc(C)n(-c4ccc5c(c4)OCO5)c3C)CC2)c1.O=C(O)C(=O)O.O=C(O)C(=O)O. The molecule has 1 saturated heterocycles. The molecule has 240 valence electrons. The molecule has 0 atom stereocenters. The van der Waals surface area contributed by atoms with E-state index in [0.717, 1.165) is 66.9 Å². The molecule has 2 aromatic carbocycles. The van der Waals surface area contributed by atoms with Gasteiger partial charge in [-0.05, 0) is 44.5 Å². The molecule has 2 aliphatic rings. The summed E-state index contributed by atoms with van der Waals surface area (Å²) in [5.74, 6) is -5.60. The first kappa shape index (κ1) is 34.3. The van der Waals surface area contributed by atoms with Crippen LogP contribution in [0, 0.1) is 20.8 Å². The molecule has 4 N–H and O–H groups in total. The van der Waals surface area contributed by atoms with E-state index in [2.05, 4.69) is 45.6 Å². The van der Waals surface area contributed by atoms with Gasteiger partial charge in [0.25, 0.3) is 0 Å². The van der Waals surface area contributed by atoms with Crippen LogP contribution in [0.2, 0.25) is 0 Å². The number of carbonyl (C=O) groups is 5. The highest BCUT2D eigenvalue weighted by Crippen LogP contribution is 2.35. The Balaban J connectivity index is 0.000000392. The number of nitrogens with zero attached hydrogens (tertiary/aromatic N) is 3. The van der Waals surface area contributed by atoms with E-state index in [-0.39, 0.29) is 12.6 Å². The standard InChI is InChI=1S/C27H31N3O3.2C2H2O4/c1-19-5-4-6-22(13-19)16-28-9-11-29(12-10-28)17-25(31)24-14-20(2)30(21(24)3)23-7-8-26-27(15-23)33-18-32-26;2*3-1(4)2(5)6/h4-8,13-15H,9-12,16-18H2,1-3H3;2*(H,3,4)(H,5,6). The zero-order valence-corrected chi connectivity index (χ0v) is 25.1. The molecular weight excluding hydrogens is 590 g/mol. The van der Waals surface area contributed by atoms with Crippen molar-refractivity contribution in [1.82, 2.24) is 14.4 Å². The fourth-order valence-corrected chi connectivity index (χ4v) is 4.93. The molecule has 1 fully saturated rings. The highest BCUT2D eigenvalue weighted by atomic mass is 16.7. The minimum atomic E-state index is -1.82. The molecular formula is C31H35N3O11. The first-order valence-electron chi connectivity index (χ1n) is 13.8. The minimum absolute atomic E-state index is 0.183. The summed E-state index contributed by atoms with van der Waals surface area (Å²) in [6, 6.07) is 16.6. The Morgan fingerprint density at radius 2 is 1.29 bits per heavy atom. The van der Waals surface area contributed by atoms with E-state index in [4.69, 9.17) is 49.1 Å². The third-order valence-corrected chi connectivity index (χ3v) is 7.03. The first-order valence-corrected chi connectivity index (χ1v) is 13.8. The van der Waals surface area contributed by atoms with Gasteiger partial charge in [-0.3, -0.25) is 14.6 Å². The lowest BCUT2D eigenvalue weighted by Gasteiger charge is -2.34. The van der Waals surface area contributed by atoms with E-state index in [1.165, 1.54) is 11.1 Å². The van der Waals surface area contributed by atoms with Crippen LogP contribution in [-0.4, -0.2) is 104 Å². The zero-order valence-electron chi connectivity index (χ0n) is 25.1. The van der Waals surface area contributed by atoms with Crippen molar-refractivity contribution in [2.24, 2.45) is 0 Å². The normalized spacial score (nSPS) is 13.9. The summed E-state index contributed by atoms with van der Waals surface area (Å²) in [4.78, 5) is 54.4. The monoisotopic (exact) mass is 625 g/mol. The van der Waals surface area contributed by atoms with E-state index < -0.39 is 23.9 Å². The van der Waals surface area contributed by atoms with Crippen molar-refractivity contribution in [2.45, 2.75) is 27.3 Å². The average molecular weight is 626 g/mol. The first-order chi connectivity index (χ1) is 21.3. The van der Waals surface area contributed by atoms with Crippen LogP contribution in [0.15, 0.2) is 48.5 Å². The van der Waals surface area contributed by atoms with Crippen molar-refractivity contribution in [1.29, 1.82) is 0 Å². The number of piperazine rings is 1. The molecule has 2 aliphatic heterocycles. The fraction of sp³-hybridized carbons (Fsp3) is 0.323. The molecule has 0 radical (unpaired) electrons. The van der Waals surface area contributed by atoms with Crippen molar-refractivity contribution in [3.63, 3.8) is 0 Å². The number of carbonyl (C=O) groups excluding carboxylic acids is 1. The molecule has 0 unspecified atom stereocenters. The van der Waals surface area contributed by atoms with Gasteiger partial charge in [0.2, 0.25) is 6.79 Å². The number of aryl methyl sites for hydroxylation is 2. The third kappa shape index (κ3) is 9.64. The summed E-state index contributed by atoms with van der Waals surface area (Å²) < 4.78 is 13.1. The number of fused-ring (bicyclic) bond motifs is 1. The highest BCUT2D eigenvalue weighted by molar-refractivity contribution is 6.27. The third-order valence-electron chi connectivity index (χ3n) is 7.03. The van der Waals surface area contributed by atoms with Gasteiger partial charge in [0, 0.05) is 61.4 Å². The zero-order chi connectivity index (χ0) is 33.3. The van der Waals surface area contributed by atoms with Crippen LogP contribution in [0.3, 0.4) is 0 Å². The number of aliphatic carboxylic acids is 4. The number of ketones is 1. The Kier molecular flexibility index (Phi) is 11.8. The van der Waals surface area contributed by atoms with Crippen molar-refractivity contribution in [2.75, 3.05) is 39.5 Å². The van der Waals surface area contributed by atoms with E-state index >= 15 is 0 Å². The van der Waals surface area contributed by atoms with E-state index in [1.54, 1.807) is 0 Å². The minimum Gasteiger partial charge on any atom is -0.473 e. The van der Waals surface area contributed by atoms with Gasteiger partial charge in [-0.2, -0.15) is 0 Å². The summed E-state index contributed by atoms with van der Waals surface area (Å²) in [6.07, 6.45) is 0. The Morgan fingerprint density at radius 1 is 0.711 bits per heavy atom. The van der Waals surface area contributed by atoms with Gasteiger partial charge < -0.3 is 34.5 Å². The second-order valence-corrected chi connectivity index (χ2v) is 10.3. The predicted molar refractivity (Wildman–Crippen MR) is 159 cm³/mol. The topological polar surface area (TPSA) is 196 Å². The van der Waals surface area contributed by atoms with Crippen molar-refractivity contribution >= 4 is 29.7 Å². The molecule has 0 saturated carbocycles. The fourth-order valence-electron chi connectivity index (χ4n) is 4.93. The van der Waals surface area contributed by atoms with Crippen molar-refractivity contribution in [3.05, 3.63) is 76.6 Å². The molecule has 5 rings (SSSR count). The Labute approximate surface area is 258 Å². The van der Waals surface area contributed by atoms with Gasteiger partial charge in [0.1, 0.15) is 0 Å². The maximum atomic E-state index is 13.2. The molecule has 0 aliphatic carbocycles. The predicted octanol–water partition coefficient (Wildman–Crippen LogP) is 2.44. The Hall–Kier alpha value is -5.21. The van der Waals surface area contributed by atoms with Gasteiger partial charge in [-0.1, -0.05) is 29.8 Å². The van der Waals surface area contributed by atoms with Gasteiger partial charge in [0.15, 0.2) is 17.3 Å². The molecule has 3 aromatic rings. The van der Waals surface area contributed by atoms with Gasteiger partial charge in [0.05, 0.1) is 6.54 Å². The van der Waals surface area contributed by atoms with Crippen LogP contribution < -0.4 is 9.47 Å². The summed E-state index contributed by atoms with van der Waals surface area (Å²) in [7, 11) is 0. The Bertz CT molecular complexity index is 1520. The average Bonchev–Trinajstić information content (AvgIpc) is 3.57. The number of benzene rings is 2. The molecule has 0 bridgehead atoms. The maximum Gasteiger partial charge on any atom is 0.414 e.